The van der Waals surface area contributed by atoms with Gasteiger partial charge in [0.25, 0.3) is 0 Å². The number of unbranched alkanes of at least 4 members (excludes halogenated alkanes) is 2. The second-order valence-electron chi connectivity index (χ2n) is 4.04. The smallest absolute Gasteiger partial charge is 0.152 e. The lowest BCUT2D eigenvalue weighted by Crippen LogP contribution is -2.05. The minimum absolute atomic E-state index is 0.933. The molecule has 0 aliphatic carbocycles. The fraction of sp³-hybridized carbons (Fsp3) is 0.385. The number of tetrazole rings is 1. The summed E-state index contributed by atoms with van der Waals surface area (Å²) < 4.78 is 1.77. The highest BCUT2D eigenvalue weighted by Gasteiger charge is 2.06. The summed E-state index contributed by atoms with van der Waals surface area (Å²) in [5, 5.41) is 11.8. The Bertz CT molecular complexity index is 436. The van der Waals surface area contributed by atoms with E-state index >= 15 is 0 Å². The molecule has 0 N–H and O–H groups in total. The van der Waals surface area contributed by atoms with Crippen molar-refractivity contribution in [3.8, 4) is 0 Å². The first-order chi connectivity index (χ1) is 8.40. The van der Waals surface area contributed by atoms with Crippen molar-refractivity contribution < 1.29 is 0 Å². The van der Waals surface area contributed by atoms with E-state index in [-0.39, 0.29) is 0 Å². The van der Waals surface area contributed by atoms with Crippen LogP contribution in [-0.2, 0) is 6.42 Å². The molecule has 0 atom stereocenters. The van der Waals surface area contributed by atoms with E-state index in [0.717, 1.165) is 24.2 Å². The molecule has 0 spiro atoms. The standard InChI is InChI=1S/C13H17N4/c1-2-3-5-10-13-14-15-16-17(13)11-12-8-6-4-7-9-12/h4,6-9,11H,2-3,5,10H2,1H3. The molecule has 0 unspecified atom stereocenters. The average Bonchev–Trinajstić information content (AvgIpc) is 2.79. The Morgan fingerprint density at radius 3 is 2.76 bits per heavy atom. The molecular formula is C13H17N4. The Morgan fingerprint density at radius 2 is 2.00 bits per heavy atom. The van der Waals surface area contributed by atoms with Gasteiger partial charge in [0.2, 0.25) is 0 Å². The predicted molar refractivity (Wildman–Crippen MR) is 66.3 cm³/mol. The molecule has 89 valence electrons. The van der Waals surface area contributed by atoms with Crippen molar-refractivity contribution >= 4 is 0 Å². The van der Waals surface area contributed by atoms with E-state index in [1.54, 1.807) is 4.68 Å². The van der Waals surface area contributed by atoms with E-state index in [1.165, 1.54) is 12.8 Å². The normalized spacial score (nSPS) is 10.6. The lowest BCUT2D eigenvalue weighted by atomic mass is 10.2. The maximum Gasteiger partial charge on any atom is 0.152 e. The third-order valence-corrected chi connectivity index (χ3v) is 2.64. The van der Waals surface area contributed by atoms with E-state index in [2.05, 4.69) is 22.4 Å². The Morgan fingerprint density at radius 1 is 1.18 bits per heavy atom. The van der Waals surface area contributed by atoms with Gasteiger partial charge in [0, 0.05) is 6.42 Å². The largest absolute Gasteiger partial charge is 0.220 e. The van der Waals surface area contributed by atoms with Crippen molar-refractivity contribution in [2.75, 3.05) is 0 Å². The van der Waals surface area contributed by atoms with E-state index in [1.807, 2.05) is 36.9 Å². The second-order valence-corrected chi connectivity index (χ2v) is 4.04. The summed E-state index contributed by atoms with van der Waals surface area (Å²) in [4.78, 5) is 0. The molecule has 0 amide bonds. The monoisotopic (exact) mass is 229 g/mol. The van der Waals surface area contributed by atoms with Crippen LogP contribution in [0.1, 0.15) is 37.6 Å². The fourth-order valence-corrected chi connectivity index (χ4v) is 1.69. The first-order valence-electron chi connectivity index (χ1n) is 6.07. The number of rotatable bonds is 6. The van der Waals surface area contributed by atoms with Crippen LogP contribution in [0.25, 0.3) is 0 Å². The van der Waals surface area contributed by atoms with Gasteiger partial charge in [-0.15, -0.1) is 5.10 Å². The molecule has 0 bridgehead atoms. The van der Waals surface area contributed by atoms with Crippen LogP contribution in [0, 0.1) is 6.54 Å². The Labute approximate surface area is 102 Å². The summed E-state index contributed by atoms with van der Waals surface area (Å²) in [5.41, 5.74) is 1.11. The number of aryl methyl sites for hydroxylation is 1. The molecule has 1 aromatic carbocycles. The number of nitrogens with zero attached hydrogens (tertiary/aromatic N) is 4. The van der Waals surface area contributed by atoms with Crippen LogP contribution in [-0.4, -0.2) is 20.2 Å². The van der Waals surface area contributed by atoms with Crippen LogP contribution in [0.2, 0.25) is 0 Å². The van der Waals surface area contributed by atoms with E-state index < -0.39 is 0 Å². The molecule has 2 rings (SSSR count). The van der Waals surface area contributed by atoms with Crippen LogP contribution in [0.4, 0.5) is 0 Å². The summed E-state index contributed by atoms with van der Waals surface area (Å²) in [6.07, 6.45) is 4.51. The lowest BCUT2D eigenvalue weighted by molar-refractivity contribution is 0.659. The van der Waals surface area contributed by atoms with Crippen LogP contribution < -0.4 is 0 Å². The zero-order valence-corrected chi connectivity index (χ0v) is 10.1. The third-order valence-electron chi connectivity index (χ3n) is 2.64. The minimum Gasteiger partial charge on any atom is -0.220 e. The molecule has 1 radical (unpaired) electrons. The summed E-state index contributed by atoms with van der Waals surface area (Å²) in [6, 6.07) is 10.1. The quantitative estimate of drug-likeness (QED) is 0.715. The van der Waals surface area contributed by atoms with Crippen LogP contribution in [0.5, 0.6) is 0 Å². The fourth-order valence-electron chi connectivity index (χ4n) is 1.69. The average molecular weight is 229 g/mol. The molecular weight excluding hydrogens is 212 g/mol. The van der Waals surface area contributed by atoms with Crippen molar-refractivity contribution in [3.05, 3.63) is 48.3 Å². The lowest BCUT2D eigenvalue weighted by Gasteiger charge is -2.03. The van der Waals surface area contributed by atoms with Crippen molar-refractivity contribution in [3.63, 3.8) is 0 Å². The van der Waals surface area contributed by atoms with Gasteiger partial charge in [-0.25, -0.2) is 4.68 Å². The number of hydrogen-bond donors (Lipinski definition) is 0. The van der Waals surface area contributed by atoms with Crippen LogP contribution >= 0.6 is 0 Å². The maximum atomic E-state index is 4.05. The molecule has 1 aromatic heterocycles. The Balaban J connectivity index is 1.99. The SMILES string of the molecule is CCCCCc1nnnn1[CH]c1ccccc1. The summed E-state index contributed by atoms with van der Waals surface area (Å²) in [5.74, 6) is 0.933. The summed E-state index contributed by atoms with van der Waals surface area (Å²) in [6.45, 7) is 4.15. The third kappa shape index (κ3) is 3.37. The first kappa shape index (κ1) is 11.8. The highest BCUT2D eigenvalue weighted by Crippen LogP contribution is 2.07. The zero-order chi connectivity index (χ0) is 11.9. The zero-order valence-electron chi connectivity index (χ0n) is 10.1. The van der Waals surface area contributed by atoms with Crippen molar-refractivity contribution in [1.82, 2.24) is 20.2 Å². The molecule has 0 fully saturated rings. The summed E-state index contributed by atoms with van der Waals surface area (Å²) in [7, 11) is 0. The van der Waals surface area contributed by atoms with Crippen molar-refractivity contribution in [2.24, 2.45) is 0 Å². The van der Waals surface area contributed by atoms with Gasteiger partial charge in [0.1, 0.15) is 6.54 Å². The van der Waals surface area contributed by atoms with E-state index in [4.69, 9.17) is 0 Å². The van der Waals surface area contributed by atoms with Gasteiger partial charge >= 0.3 is 0 Å². The Kier molecular flexibility index (Phi) is 4.24. The van der Waals surface area contributed by atoms with Gasteiger partial charge in [-0.2, -0.15) is 0 Å². The Hall–Kier alpha value is -1.71. The van der Waals surface area contributed by atoms with Gasteiger partial charge in [-0.3, -0.25) is 0 Å². The van der Waals surface area contributed by atoms with E-state index in [0.29, 0.717) is 0 Å². The molecule has 0 aliphatic heterocycles. The number of hydrogen-bond acceptors (Lipinski definition) is 3. The number of benzene rings is 1. The second kappa shape index (κ2) is 6.13. The van der Waals surface area contributed by atoms with Crippen molar-refractivity contribution in [1.29, 1.82) is 0 Å². The van der Waals surface area contributed by atoms with Crippen LogP contribution in [0.3, 0.4) is 0 Å². The molecule has 17 heavy (non-hydrogen) atoms. The number of aromatic nitrogens is 4. The molecule has 4 heteroatoms. The maximum absolute atomic E-state index is 4.05. The highest BCUT2D eigenvalue weighted by atomic mass is 15.5. The van der Waals surface area contributed by atoms with Crippen LogP contribution in [0.15, 0.2) is 30.3 Å². The molecule has 0 saturated carbocycles. The van der Waals surface area contributed by atoms with Crippen molar-refractivity contribution in [2.45, 2.75) is 32.6 Å². The topological polar surface area (TPSA) is 43.6 Å². The molecule has 0 saturated heterocycles. The molecule has 2 aromatic rings. The highest BCUT2D eigenvalue weighted by molar-refractivity contribution is 5.22. The molecule has 0 aliphatic rings. The molecule has 1 heterocycles. The van der Waals surface area contributed by atoms with Gasteiger partial charge < -0.3 is 0 Å². The van der Waals surface area contributed by atoms with Gasteiger partial charge in [-0.05, 0) is 22.4 Å². The van der Waals surface area contributed by atoms with Gasteiger partial charge in [0.05, 0.1) is 0 Å². The summed E-state index contributed by atoms with van der Waals surface area (Å²) >= 11 is 0. The predicted octanol–water partition coefficient (Wildman–Crippen LogP) is 2.46. The minimum atomic E-state index is 0.933. The van der Waals surface area contributed by atoms with Gasteiger partial charge in [0.15, 0.2) is 5.82 Å². The molecule has 4 nitrogen and oxygen atoms in total. The van der Waals surface area contributed by atoms with Gasteiger partial charge in [-0.1, -0.05) is 50.1 Å². The van der Waals surface area contributed by atoms with E-state index in [9.17, 15) is 0 Å². The first-order valence-corrected chi connectivity index (χ1v) is 6.07.